The number of hydrogen-bond donors (Lipinski definition) is 2. The van der Waals surface area contributed by atoms with E-state index in [4.69, 9.17) is 11.6 Å². The summed E-state index contributed by atoms with van der Waals surface area (Å²) in [4.78, 5) is 45.9. The van der Waals surface area contributed by atoms with Crippen molar-refractivity contribution < 1.29 is 14.4 Å². The highest BCUT2D eigenvalue weighted by molar-refractivity contribution is 6.30. The first kappa shape index (κ1) is 28.8. The topological polar surface area (TPSA) is 85.0 Å². The summed E-state index contributed by atoms with van der Waals surface area (Å²) in [6.45, 7) is 4.31. The second kappa shape index (κ2) is 13.8. The minimum Gasteiger partial charge on any atom is -0.349 e. The number of hydrogen-bond acceptors (Lipinski definition) is 5. The van der Waals surface area contributed by atoms with Gasteiger partial charge in [-0.15, -0.1) is 0 Å². The Bertz CT molecular complexity index is 942. The molecule has 0 aromatic heterocycles. The van der Waals surface area contributed by atoms with Crippen molar-refractivity contribution in [2.75, 3.05) is 53.4 Å². The van der Waals surface area contributed by atoms with Gasteiger partial charge in [0.15, 0.2) is 0 Å². The van der Waals surface area contributed by atoms with Gasteiger partial charge < -0.3 is 20.4 Å². The lowest BCUT2D eigenvalue weighted by atomic mass is 9.91. The van der Waals surface area contributed by atoms with E-state index in [2.05, 4.69) is 15.5 Å². The van der Waals surface area contributed by atoms with E-state index in [-0.39, 0.29) is 35.6 Å². The molecular weight excluding hydrogens is 502 g/mol. The molecule has 0 radical (unpaired) electrons. The van der Waals surface area contributed by atoms with Crippen LogP contribution in [0.3, 0.4) is 0 Å². The molecule has 4 rings (SSSR count). The number of carbonyl (C=O) groups is 3. The Morgan fingerprint density at radius 3 is 2.37 bits per heavy atom. The van der Waals surface area contributed by atoms with E-state index in [9.17, 15) is 14.4 Å². The van der Waals surface area contributed by atoms with Gasteiger partial charge in [0.2, 0.25) is 17.7 Å². The molecule has 8 nitrogen and oxygen atoms in total. The van der Waals surface area contributed by atoms with Gasteiger partial charge >= 0.3 is 0 Å². The van der Waals surface area contributed by atoms with Gasteiger partial charge in [-0.3, -0.25) is 19.3 Å². The standard InChI is InChI=1S/C29H44ClN5O3/c1-33(2)28(37)24-8-4-3-5-9-26(24)34-15-17-35(18-16-34)29(38)25(19-21-10-12-23(30)13-11-21)32-27(36)22-7-6-14-31-20-22/h10-13,22,24-26,31H,3-9,14-20H2,1-2H3,(H,32,36)/t22?,24?,25-,26?/m1/s1. The van der Waals surface area contributed by atoms with Crippen molar-refractivity contribution in [1.29, 1.82) is 0 Å². The van der Waals surface area contributed by atoms with Crippen molar-refractivity contribution in [2.45, 2.75) is 63.5 Å². The van der Waals surface area contributed by atoms with Crippen LogP contribution in [0.25, 0.3) is 0 Å². The summed E-state index contributed by atoms with van der Waals surface area (Å²) < 4.78 is 0. The molecule has 4 atom stereocenters. The van der Waals surface area contributed by atoms with Crippen LogP contribution < -0.4 is 10.6 Å². The predicted octanol–water partition coefficient (Wildman–Crippen LogP) is 2.55. The quantitative estimate of drug-likeness (QED) is 0.514. The molecule has 0 spiro atoms. The molecule has 1 aromatic rings. The molecule has 0 bridgehead atoms. The summed E-state index contributed by atoms with van der Waals surface area (Å²) >= 11 is 6.07. The highest BCUT2D eigenvalue weighted by Gasteiger charge is 2.37. The van der Waals surface area contributed by atoms with Gasteiger partial charge in [0.1, 0.15) is 6.04 Å². The first-order chi connectivity index (χ1) is 18.3. The summed E-state index contributed by atoms with van der Waals surface area (Å²) in [5.74, 6) is 0.0572. The smallest absolute Gasteiger partial charge is 0.245 e. The van der Waals surface area contributed by atoms with E-state index in [1.165, 1.54) is 6.42 Å². The number of piperidine rings is 1. The van der Waals surface area contributed by atoms with Crippen LogP contribution in [-0.2, 0) is 20.8 Å². The maximum absolute atomic E-state index is 13.8. The molecule has 2 aliphatic heterocycles. The van der Waals surface area contributed by atoms with Gasteiger partial charge in [-0.2, -0.15) is 0 Å². The number of halogens is 1. The fourth-order valence-corrected chi connectivity index (χ4v) is 6.39. The largest absolute Gasteiger partial charge is 0.349 e. The maximum atomic E-state index is 13.8. The van der Waals surface area contributed by atoms with E-state index >= 15 is 0 Å². The molecule has 3 amide bonds. The van der Waals surface area contributed by atoms with Crippen LogP contribution >= 0.6 is 11.6 Å². The average Bonchev–Trinajstić information content (AvgIpc) is 3.19. The lowest BCUT2D eigenvalue weighted by Crippen LogP contribution is -2.59. The zero-order valence-corrected chi connectivity index (χ0v) is 23.7. The Labute approximate surface area is 232 Å². The van der Waals surface area contributed by atoms with E-state index in [1.807, 2.05) is 43.3 Å². The van der Waals surface area contributed by atoms with Gasteiger partial charge in [-0.25, -0.2) is 0 Å². The van der Waals surface area contributed by atoms with Gasteiger partial charge in [-0.1, -0.05) is 43.0 Å². The van der Waals surface area contributed by atoms with Crippen LogP contribution in [0.15, 0.2) is 24.3 Å². The van der Waals surface area contributed by atoms with Crippen molar-refractivity contribution in [3.05, 3.63) is 34.9 Å². The normalized spacial score (nSPS) is 25.8. The minimum atomic E-state index is -0.613. The summed E-state index contributed by atoms with van der Waals surface area (Å²) in [5, 5.41) is 7.04. The number of benzene rings is 1. The number of nitrogens with zero attached hydrogens (tertiary/aromatic N) is 3. The molecule has 1 aliphatic carbocycles. The van der Waals surface area contributed by atoms with Crippen molar-refractivity contribution >= 4 is 29.3 Å². The third-order valence-electron chi connectivity index (χ3n) is 8.47. The molecule has 3 aliphatic rings. The van der Waals surface area contributed by atoms with Crippen molar-refractivity contribution in [2.24, 2.45) is 11.8 Å². The molecule has 3 unspecified atom stereocenters. The Kier molecular flexibility index (Phi) is 10.4. The number of nitrogens with one attached hydrogen (secondary N) is 2. The second-order valence-electron chi connectivity index (χ2n) is 11.3. The molecule has 1 aromatic carbocycles. The van der Waals surface area contributed by atoms with E-state index < -0.39 is 6.04 Å². The SMILES string of the molecule is CN(C)C(=O)C1CCCCCC1N1CCN(C(=O)[C@@H](Cc2ccc(Cl)cc2)NC(=O)C2CCCNC2)CC1. The van der Waals surface area contributed by atoms with Gasteiger partial charge in [0.25, 0.3) is 0 Å². The monoisotopic (exact) mass is 545 g/mol. The van der Waals surface area contributed by atoms with E-state index in [0.717, 1.165) is 63.7 Å². The zero-order valence-electron chi connectivity index (χ0n) is 23.0. The summed E-state index contributed by atoms with van der Waals surface area (Å²) in [5.41, 5.74) is 0.969. The Morgan fingerprint density at radius 2 is 1.71 bits per heavy atom. The number of rotatable bonds is 7. The fraction of sp³-hybridized carbons (Fsp3) is 0.690. The number of amides is 3. The Balaban J connectivity index is 1.42. The lowest BCUT2D eigenvalue weighted by Gasteiger charge is -2.42. The lowest BCUT2D eigenvalue weighted by molar-refractivity contribution is -0.141. The third kappa shape index (κ3) is 7.48. The molecule has 1 saturated carbocycles. The second-order valence-corrected chi connectivity index (χ2v) is 11.8. The van der Waals surface area contributed by atoms with Crippen molar-refractivity contribution in [1.82, 2.24) is 25.3 Å². The average molecular weight is 546 g/mol. The minimum absolute atomic E-state index is 0.0239. The molecule has 2 saturated heterocycles. The van der Waals surface area contributed by atoms with Crippen LogP contribution in [0, 0.1) is 11.8 Å². The number of piperazine rings is 1. The maximum Gasteiger partial charge on any atom is 0.245 e. The molecule has 2 heterocycles. The van der Waals surface area contributed by atoms with Gasteiger partial charge in [0.05, 0.1) is 11.8 Å². The van der Waals surface area contributed by atoms with Crippen LogP contribution in [-0.4, -0.2) is 97.9 Å². The molecule has 210 valence electrons. The molecular formula is C29H44ClN5O3. The highest BCUT2D eigenvalue weighted by Crippen LogP contribution is 2.29. The van der Waals surface area contributed by atoms with E-state index in [0.29, 0.717) is 31.1 Å². The van der Waals surface area contributed by atoms with Crippen LogP contribution in [0.2, 0.25) is 5.02 Å². The van der Waals surface area contributed by atoms with Crippen LogP contribution in [0.1, 0.15) is 50.5 Å². The predicted molar refractivity (Wildman–Crippen MR) is 150 cm³/mol. The van der Waals surface area contributed by atoms with Gasteiger partial charge in [0, 0.05) is 64.3 Å². The van der Waals surface area contributed by atoms with Crippen LogP contribution in [0.4, 0.5) is 0 Å². The molecule has 3 fully saturated rings. The van der Waals surface area contributed by atoms with E-state index in [1.54, 1.807) is 4.90 Å². The summed E-state index contributed by atoms with van der Waals surface area (Å²) in [6, 6.07) is 7.10. The number of carbonyl (C=O) groups excluding carboxylic acids is 3. The molecule has 9 heteroatoms. The first-order valence-corrected chi connectivity index (χ1v) is 14.7. The molecule has 38 heavy (non-hydrogen) atoms. The van der Waals surface area contributed by atoms with Crippen LogP contribution in [0.5, 0.6) is 0 Å². The highest BCUT2D eigenvalue weighted by atomic mass is 35.5. The van der Waals surface area contributed by atoms with Crippen molar-refractivity contribution in [3.63, 3.8) is 0 Å². The zero-order chi connectivity index (χ0) is 27.1. The molecule has 2 N–H and O–H groups in total. The summed E-state index contributed by atoms with van der Waals surface area (Å²) in [7, 11) is 3.69. The summed E-state index contributed by atoms with van der Waals surface area (Å²) in [6.07, 6.45) is 7.63. The first-order valence-electron chi connectivity index (χ1n) is 14.3. The van der Waals surface area contributed by atoms with Crippen molar-refractivity contribution in [3.8, 4) is 0 Å². The van der Waals surface area contributed by atoms with Gasteiger partial charge in [-0.05, 0) is 49.9 Å². The third-order valence-corrected chi connectivity index (χ3v) is 8.72. The Hall–Kier alpha value is -2.16. The Morgan fingerprint density at radius 1 is 1.00 bits per heavy atom. The fourth-order valence-electron chi connectivity index (χ4n) is 6.26.